The molecule has 0 spiro atoms. The van der Waals surface area contributed by atoms with Crippen LogP contribution in [0.25, 0.3) is 10.8 Å². The fraction of sp³-hybridized carbons (Fsp3) is 0.389. The lowest BCUT2D eigenvalue weighted by molar-refractivity contribution is -0.118. The summed E-state index contributed by atoms with van der Waals surface area (Å²) in [4.78, 5) is 11.2. The van der Waals surface area contributed by atoms with Gasteiger partial charge < -0.3 is 10.1 Å². The Morgan fingerprint density at radius 2 is 1.96 bits per heavy atom. The van der Waals surface area contributed by atoms with E-state index in [-0.39, 0.29) is 12.3 Å². The molecule has 0 heterocycles. The van der Waals surface area contributed by atoms with Gasteiger partial charge in [0.1, 0.15) is 11.0 Å². The van der Waals surface area contributed by atoms with Crippen LogP contribution >= 0.6 is 0 Å². The SMILES string of the molecule is CCC(c1ccc2ccc(OC)cc2c1CCNC(C)=O)S(=O)(=O)O. The summed E-state index contributed by atoms with van der Waals surface area (Å²) in [7, 11) is -2.67. The van der Waals surface area contributed by atoms with E-state index in [2.05, 4.69) is 5.32 Å². The van der Waals surface area contributed by atoms with Crippen molar-refractivity contribution in [3.05, 3.63) is 41.5 Å². The van der Waals surface area contributed by atoms with Gasteiger partial charge in [-0.2, -0.15) is 8.42 Å². The van der Waals surface area contributed by atoms with Crippen molar-refractivity contribution in [1.29, 1.82) is 0 Å². The Morgan fingerprint density at radius 3 is 2.52 bits per heavy atom. The van der Waals surface area contributed by atoms with E-state index < -0.39 is 15.4 Å². The van der Waals surface area contributed by atoms with Crippen LogP contribution in [0.5, 0.6) is 5.75 Å². The first-order valence-corrected chi connectivity index (χ1v) is 9.58. The third kappa shape index (κ3) is 4.49. The lowest BCUT2D eigenvalue weighted by Crippen LogP contribution is -2.23. The predicted molar refractivity (Wildman–Crippen MR) is 97.5 cm³/mol. The molecule has 0 aliphatic heterocycles. The third-order valence-electron chi connectivity index (χ3n) is 4.20. The van der Waals surface area contributed by atoms with E-state index in [1.807, 2.05) is 24.3 Å². The molecule has 136 valence electrons. The number of hydrogen-bond acceptors (Lipinski definition) is 4. The second-order valence-electron chi connectivity index (χ2n) is 5.87. The summed E-state index contributed by atoms with van der Waals surface area (Å²) in [6.45, 7) is 3.52. The van der Waals surface area contributed by atoms with Gasteiger partial charge in [-0.3, -0.25) is 9.35 Å². The number of hydrogen-bond donors (Lipinski definition) is 2. The smallest absolute Gasteiger partial charge is 0.271 e. The summed E-state index contributed by atoms with van der Waals surface area (Å²) in [5, 5.41) is 3.51. The summed E-state index contributed by atoms with van der Waals surface area (Å²) in [5.41, 5.74) is 1.34. The zero-order valence-corrected chi connectivity index (χ0v) is 15.4. The van der Waals surface area contributed by atoms with Gasteiger partial charge in [-0.05, 0) is 46.9 Å². The van der Waals surface area contributed by atoms with E-state index in [1.54, 1.807) is 20.1 Å². The average molecular weight is 365 g/mol. The molecule has 0 aromatic heterocycles. The van der Waals surface area contributed by atoms with Crippen LogP contribution in [0.3, 0.4) is 0 Å². The lowest BCUT2D eigenvalue weighted by Gasteiger charge is -2.19. The van der Waals surface area contributed by atoms with Crippen molar-refractivity contribution in [2.75, 3.05) is 13.7 Å². The van der Waals surface area contributed by atoms with Crippen molar-refractivity contribution in [1.82, 2.24) is 5.32 Å². The molecule has 2 aromatic carbocycles. The molecule has 0 aliphatic carbocycles. The highest BCUT2D eigenvalue weighted by molar-refractivity contribution is 7.86. The van der Waals surface area contributed by atoms with Crippen molar-refractivity contribution < 1.29 is 22.5 Å². The Labute approximate surface area is 147 Å². The number of methoxy groups -OCH3 is 1. The Kier molecular flexibility index (Phi) is 6.02. The van der Waals surface area contributed by atoms with Crippen LogP contribution < -0.4 is 10.1 Å². The molecule has 0 saturated carbocycles. The van der Waals surface area contributed by atoms with E-state index >= 15 is 0 Å². The molecule has 7 heteroatoms. The van der Waals surface area contributed by atoms with Gasteiger partial charge in [0.2, 0.25) is 5.91 Å². The normalized spacial score (nSPS) is 12.8. The van der Waals surface area contributed by atoms with Crippen molar-refractivity contribution in [3.63, 3.8) is 0 Å². The van der Waals surface area contributed by atoms with Gasteiger partial charge in [0.25, 0.3) is 10.1 Å². The Hall–Kier alpha value is -2.12. The van der Waals surface area contributed by atoms with E-state index in [0.717, 1.165) is 16.3 Å². The van der Waals surface area contributed by atoms with E-state index in [1.165, 1.54) is 6.92 Å². The highest BCUT2D eigenvalue weighted by atomic mass is 32.2. The van der Waals surface area contributed by atoms with Crippen molar-refractivity contribution in [2.45, 2.75) is 31.9 Å². The first-order chi connectivity index (χ1) is 11.8. The zero-order valence-electron chi connectivity index (χ0n) is 14.6. The fourth-order valence-electron chi connectivity index (χ4n) is 3.04. The van der Waals surface area contributed by atoms with Crippen LogP contribution in [0.4, 0.5) is 0 Å². The van der Waals surface area contributed by atoms with Gasteiger partial charge >= 0.3 is 0 Å². The summed E-state index contributed by atoms with van der Waals surface area (Å²) < 4.78 is 38.5. The molecule has 0 saturated heterocycles. The first-order valence-electron chi connectivity index (χ1n) is 8.08. The van der Waals surface area contributed by atoms with E-state index in [0.29, 0.717) is 24.3 Å². The summed E-state index contributed by atoms with van der Waals surface area (Å²) in [6.07, 6.45) is 0.701. The van der Waals surface area contributed by atoms with Gasteiger partial charge in [0.15, 0.2) is 0 Å². The number of nitrogens with one attached hydrogen (secondary N) is 1. The molecule has 2 rings (SSSR count). The number of benzene rings is 2. The van der Waals surface area contributed by atoms with Crippen LogP contribution in [0.15, 0.2) is 30.3 Å². The first kappa shape index (κ1) is 19.2. The maximum Gasteiger partial charge on any atom is 0.271 e. The minimum atomic E-state index is -4.23. The quantitative estimate of drug-likeness (QED) is 0.736. The van der Waals surface area contributed by atoms with Crippen molar-refractivity contribution in [2.24, 2.45) is 0 Å². The molecule has 0 fully saturated rings. The van der Waals surface area contributed by atoms with Crippen LogP contribution in [-0.4, -0.2) is 32.5 Å². The summed E-state index contributed by atoms with van der Waals surface area (Å²) in [6, 6.07) is 9.15. The molecular formula is C18H23NO5S. The zero-order chi connectivity index (χ0) is 18.6. The van der Waals surface area contributed by atoms with E-state index in [4.69, 9.17) is 4.74 Å². The van der Waals surface area contributed by atoms with Gasteiger partial charge in [-0.15, -0.1) is 0 Å². The molecule has 1 unspecified atom stereocenters. The predicted octanol–water partition coefficient (Wildman–Crippen LogP) is 2.87. The third-order valence-corrected chi connectivity index (χ3v) is 5.51. The number of rotatable bonds is 7. The number of fused-ring (bicyclic) bond motifs is 1. The Balaban J connectivity index is 2.64. The Morgan fingerprint density at radius 1 is 1.28 bits per heavy atom. The molecule has 6 nitrogen and oxygen atoms in total. The number of carbonyl (C=O) groups is 1. The summed E-state index contributed by atoms with van der Waals surface area (Å²) >= 11 is 0. The molecule has 0 radical (unpaired) electrons. The molecule has 25 heavy (non-hydrogen) atoms. The molecule has 2 N–H and O–H groups in total. The lowest BCUT2D eigenvalue weighted by atomic mass is 9.93. The van der Waals surface area contributed by atoms with Crippen LogP contribution in [-0.2, 0) is 21.3 Å². The molecule has 0 bridgehead atoms. The minimum Gasteiger partial charge on any atom is -0.497 e. The molecule has 1 amide bonds. The monoisotopic (exact) mass is 365 g/mol. The number of ether oxygens (including phenoxy) is 1. The highest BCUT2D eigenvalue weighted by Crippen LogP contribution is 2.34. The molecular weight excluding hydrogens is 342 g/mol. The van der Waals surface area contributed by atoms with Crippen LogP contribution in [0.1, 0.15) is 36.6 Å². The molecule has 1 atom stereocenters. The molecule has 0 aliphatic rings. The second-order valence-corrected chi connectivity index (χ2v) is 7.46. The van der Waals surface area contributed by atoms with Crippen molar-refractivity contribution in [3.8, 4) is 5.75 Å². The highest BCUT2D eigenvalue weighted by Gasteiger charge is 2.26. The number of amides is 1. The maximum absolute atomic E-state index is 11.8. The minimum absolute atomic E-state index is 0.152. The van der Waals surface area contributed by atoms with Gasteiger partial charge in [-0.1, -0.05) is 25.1 Å². The average Bonchev–Trinajstić information content (AvgIpc) is 2.54. The summed E-state index contributed by atoms with van der Waals surface area (Å²) in [5.74, 6) is 0.506. The topological polar surface area (TPSA) is 92.7 Å². The standard InChI is InChI=1S/C18H23NO5S/c1-4-18(25(21,22)23)16-8-6-13-5-7-14(24-3)11-17(13)15(16)9-10-19-12(2)20/h5-8,11,18H,4,9-10H2,1-3H3,(H,19,20)(H,21,22,23). The van der Waals surface area contributed by atoms with Gasteiger partial charge in [0.05, 0.1) is 7.11 Å². The van der Waals surface area contributed by atoms with Crippen molar-refractivity contribution >= 4 is 26.8 Å². The largest absolute Gasteiger partial charge is 0.497 e. The fourth-order valence-corrected chi connectivity index (χ4v) is 4.00. The number of carbonyl (C=O) groups excluding carboxylic acids is 1. The van der Waals surface area contributed by atoms with E-state index in [9.17, 15) is 17.8 Å². The van der Waals surface area contributed by atoms with Crippen LogP contribution in [0.2, 0.25) is 0 Å². The van der Waals surface area contributed by atoms with Gasteiger partial charge in [0, 0.05) is 13.5 Å². The molecule has 2 aromatic rings. The Bertz CT molecular complexity index is 876. The van der Waals surface area contributed by atoms with Gasteiger partial charge in [-0.25, -0.2) is 0 Å². The second kappa shape index (κ2) is 7.84. The maximum atomic E-state index is 11.8. The van der Waals surface area contributed by atoms with Crippen LogP contribution in [0, 0.1) is 0 Å².